The summed E-state index contributed by atoms with van der Waals surface area (Å²) >= 11 is 18.9. The van der Waals surface area contributed by atoms with Crippen LogP contribution in [0.3, 0.4) is 0 Å². The van der Waals surface area contributed by atoms with E-state index in [1.54, 1.807) is 49.4 Å². The minimum atomic E-state index is -4.23. The maximum atomic E-state index is 14.1. The maximum absolute atomic E-state index is 14.1. The highest BCUT2D eigenvalue weighted by atomic mass is 35.5. The normalized spacial score (nSPS) is 12.0. The number of amides is 2. The van der Waals surface area contributed by atoms with Gasteiger partial charge in [0.2, 0.25) is 11.8 Å². The van der Waals surface area contributed by atoms with Crippen LogP contribution in [-0.4, -0.2) is 44.3 Å². The number of carbonyl (C=O) groups excluding carboxylic acids is 2. The summed E-state index contributed by atoms with van der Waals surface area (Å²) in [6.07, 6.45) is 2.00. The van der Waals surface area contributed by atoms with Crippen molar-refractivity contribution in [3.05, 3.63) is 93.4 Å². The van der Waals surface area contributed by atoms with Crippen molar-refractivity contribution in [2.75, 3.05) is 17.4 Å². The molecule has 0 heterocycles. The third kappa shape index (κ3) is 8.13. The van der Waals surface area contributed by atoms with Crippen molar-refractivity contribution in [3.8, 4) is 0 Å². The number of hydrogen-bond donors (Lipinski definition) is 1. The van der Waals surface area contributed by atoms with Crippen LogP contribution < -0.4 is 9.62 Å². The zero-order valence-corrected chi connectivity index (χ0v) is 25.4. The SMILES string of the molecule is CCCCNC(=O)[C@H](CC)N(Cc1ccccc1Cl)C(=O)CN(c1cc(Cl)cc(Cl)c1)S(=O)(=O)c1ccccc1. The second-order valence-corrected chi connectivity index (χ2v) is 12.3. The van der Waals surface area contributed by atoms with Crippen molar-refractivity contribution >= 4 is 62.3 Å². The van der Waals surface area contributed by atoms with Gasteiger partial charge in [-0.15, -0.1) is 0 Å². The van der Waals surface area contributed by atoms with E-state index >= 15 is 0 Å². The molecule has 0 aromatic heterocycles. The van der Waals surface area contributed by atoms with E-state index in [-0.39, 0.29) is 33.1 Å². The number of unbranched alkanes of at least 4 members (excludes halogenated alkanes) is 1. The van der Waals surface area contributed by atoms with E-state index in [9.17, 15) is 18.0 Å². The van der Waals surface area contributed by atoms with E-state index in [2.05, 4.69) is 5.32 Å². The van der Waals surface area contributed by atoms with Gasteiger partial charge in [-0.1, -0.05) is 91.5 Å². The number of halogens is 3. The van der Waals surface area contributed by atoms with Crippen LogP contribution in [0.4, 0.5) is 5.69 Å². The Morgan fingerprint density at radius 3 is 2.12 bits per heavy atom. The fourth-order valence-electron chi connectivity index (χ4n) is 4.17. The third-order valence-corrected chi connectivity index (χ3v) is 8.85. The number of carbonyl (C=O) groups is 2. The van der Waals surface area contributed by atoms with Crippen LogP contribution in [0.1, 0.15) is 38.7 Å². The Labute approximate surface area is 251 Å². The van der Waals surface area contributed by atoms with E-state index in [1.807, 2.05) is 6.92 Å². The minimum Gasteiger partial charge on any atom is -0.354 e. The van der Waals surface area contributed by atoms with Gasteiger partial charge in [0.25, 0.3) is 10.0 Å². The van der Waals surface area contributed by atoms with E-state index in [0.29, 0.717) is 23.6 Å². The second kappa shape index (κ2) is 14.7. The number of anilines is 1. The summed E-state index contributed by atoms with van der Waals surface area (Å²) in [4.78, 5) is 28.6. The molecule has 0 aliphatic carbocycles. The van der Waals surface area contributed by atoms with Gasteiger partial charge in [0.1, 0.15) is 12.6 Å². The number of nitrogens with one attached hydrogen (secondary N) is 1. The minimum absolute atomic E-state index is 0.00768. The average molecular weight is 625 g/mol. The van der Waals surface area contributed by atoms with Crippen LogP contribution in [0.25, 0.3) is 0 Å². The lowest BCUT2D eigenvalue weighted by Gasteiger charge is -2.33. The van der Waals surface area contributed by atoms with E-state index in [1.165, 1.54) is 35.2 Å². The van der Waals surface area contributed by atoms with Crippen LogP contribution in [-0.2, 0) is 26.2 Å². The summed E-state index contributed by atoms with van der Waals surface area (Å²) in [5, 5.41) is 3.73. The molecule has 1 atom stereocenters. The van der Waals surface area contributed by atoms with Gasteiger partial charge in [0.05, 0.1) is 10.6 Å². The van der Waals surface area contributed by atoms with Crippen molar-refractivity contribution in [2.45, 2.75) is 50.6 Å². The molecule has 0 fully saturated rings. The van der Waals surface area contributed by atoms with Crippen LogP contribution in [0.15, 0.2) is 77.7 Å². The first-order chi connectivity index (χ1) is 19.1. The maximum Gasteiger partial charge on any atom is 0.264 e. The van der Waals surface area contributed by atoms with E-state index in [0.717, 1.165) is 17.1 Å². The standard InChI is InChI=1S/C29H32Cl3N3O4S/c1-3-5-15-33-29(37)27(4-2)34(19-21-11-9-10-14-26(21)32)28(36)20-35(24-17-22(30)16-23(31)18-24)40(38,39)25-12-7-6-8-13-25/h6-14,16-18,27H,3-5,15,19-20H2,1-2H3,(H,33,37)/t27-/m0/s1. The molecule has 1 N–H and O–H groups in total. The molecule has 3 rings (SSSR count). The Morgan fingerprint density at radius 2 is 1.52 bits per heavy atom. The summed E-state index contributed by atoms with van der Waals surface area (Å²) in [5.74, 6) is -0.910. The molecule has 2 amide bonds. The molecule has 0 bridgehead atoms. The van der Waals surface area contributed by atoms with Gasteiger partial charge in [-0.05, 0) is 54.8 Å². The number of nitrogens with zero attached hydrogens (tertiary/aromatic N) is 2. The topological polar surface area (TPSA) is 86.8 Å². The van der Waals surface area contributed by atoms with Gasteiger partial charge in [-0.3, -0.25) is 13.9 Å². The third-order valence-electron chi connectivity index (χ3n) is 6.26. The predicted molar refractivity (Wildman–Crippen MR) is 161 cm³/mol. The fourth-order valence-corrected chi connectivity index (χ4v) is 6.30. The molecule has 40 heavy (non-hydrogen) atoms. The largest absolute Gasteiger partial charge is 0.354 e. The van der Waals surface area contributed by atoms with Crippen molar-refractivity contribution in [3.63, 3.8) is 0 Å². The Kier molecular flexibility index (Phi) is 11.7. The van der Waals surface area contributed by atoms with Gasteiger partial charge in [0, 0.05) is 28.2 Å². The Hall–Kier alpha value is -2.78. The Morgan fingerprint density at radius 1 is 0.900 bits per heavy atom. The molecule has 0 aliphatic heterocycles. The molecular weight excluding hydrogens is 593 g/mol. The number of hydrogen-bond acceptors (Lipinski definition) is 4. The van der Waals surface area contributed by atoms with Crippen molar-refractivity contribution in [1.29, 1.82) is 0 Å². The molecule has 3 aromatic rings. The summed E-state index contributed by atoms with van der Waals surface area (Å²) in [6, 6.07) is 18.2. The lowest BCUT2D eigenvalue weighted by Crippen LogP contribution is -2.52. The van der Waals surface area contributed by atoms with Gasteiger partial charge < -0.3 is 10.2 Å². The zero-order chi connectivity index (χ0) is 29.3. The molecular formula is C29H32Cl3N3O4S. The summed E-state index contributed by atoms with van der Waals surface area (Å²) < 4.78 is 28.6. The number of rotatable bonds is 13. The lowest BCUT2D eigenvalue weighted by molar-refractivity contribution is -0.140. The monoisotopic (exact) mass is 623 g/mol. The molecule has 7 nitrogen and oxygen atoms in total. The molecule has 0 saturated carbocycles. The highest BCUT2D eigenvalue weighted by Crippen LogP contribution is 2.30. The molecule has 0 spiro atoms. The number of benzene rings is 3. The summed E-state index contributed by atoms with van der Waals surface area (Å²) in [7, 11) is -4.23. The highest BCUT2D eigenvalue weighted by Gasteiger charge is 2.34. The summed E-state index contributed by atoms with van der Waals surface area (Å²) in [5.41, 5.74) is 0.744. The van der Waals surface area contributed by atoms with Crippen molar-refractivity contribution in [2.24, 2.45) is 0 Å². The van der Waals surface area contributed by atoms with Crippen LogP contribution in [0.5, 0.6) is 0 Å². The molecule has 0 unspecified atom stereocenters. The second-order valence-electron chi connectivity index (χ2n) is 9.13. The smallest absolute Gasteiger partial charge is 0.264 e. The summed E-state index contributed by atoms with van der Waals surface area (Å²) in [6.45, 7) is 3.69. The first-order valence-corrected chi connectivity index (χ1v) is 15.5. The van der Waals surface area contributed by atoms with Gasteiger partial charge in [0.15, 0.2) is 0 Å². The predicted octanol–water partition coefficient (Wildman–Crippen LogP) is 6.57. The molecule has 214 valence electrons. The number of sulfonamides is 1. The van der Waals surface area contributed by atoms with Crippen LogP contribution >= 0.6 is 34.8 Å². The van der Waals surface area contributed by atoms with E-state index in [4.69, 9.17) is 34.8 Å². The van der Waals surface area contributed by atoms with Crippen LogP contribution in [0, 0.1) is 0 Å². The Balaban J connectivity index is 2.07. The molecule has 3 aromatic carbocycles. The first-order valence-electron chi connectivity index (χ1n) is 12.9. The van der Waals surface area contributed by atoms with Gasteiger partial charge in [-0.2, -0.15) is 0 Å². The highest BCUT2D eigenvalue weighted by molar-refractivity contribution is 7.92. The first kappa shape index (κ1) is 31.7. The fraction of sp³-hybridized carbons (Fsp3) is 0.310. The Bertz CT molecular complexity index is 1400. The molecule has 0 radical (unpaired) electrons. The quantitative estimate of drug-likeness (QED) is 0.218. The van der Waals surface area contributed by atoms with E-state index < -0.39 is 28.5 Å². The molecule has 0 saturated heterocycles. The van der Waals surface area contributed by atoms with Crippen molar-refractivity contribution < 1.29 is 18.0 Å². The molecule has 0 aliphatic rings. The average Bonchev–Trinajstić information content (AvgIpc) is 2.92. The van der Waals surface area contributed by atoms with Gasteiger partial charge in [-0.25, -0.2) is 8.42 Å². The zero-order valence-electron chi connectivity index (χ0n) is 22.3. The van der Waals surface area contributed by atoms with Gasteiger partial charge >= 0.3 is 0 Å². The molecule has 11 heteroatoms. The lowest BCUT2D eigenvalue weighted by atomic mass is 10.1. The van der Waals surface area contributed by atoms with Crippen molar-refractivity contribution in [1.82, 2.24) is 10.2 Å². The van der Waals surface area contributed by atoms with Crippen LogP contribution in [0.2, 0.25) is 15.1 Å².